The Bertz CT molecular complexity index is 791. The number of hydrogen-bond donors (Lipinski definition) is 2. The number of piperidine rings is 1. The number of carbonyl (C=O) groups is 1. The maximum Gasteiger partial charge on any atom is 0.279 e. The van der Waals surface area contributed by atoms with Crippen LogP contribution in [0.4, 0.5) is 5.69 Å². The lowest BCUT2D eigenvalue weighted by molar-refractivity contribution is -0.904. The first-order valence-electron chi connectivity index (χ1n) is 9.64. The lowest BCUT2D eigenvalue weighted by Crippen LogP contribution is -3.15. The van der Waals surface area contributed by atoms with Crippen LogP contribution >= 0.6 is 0 Å². The first kappa shape index (κ1) is 16.5. The lowest BCUT2D eigenvalue weighted by Gasteiger charge is -2.31. The molecule has 2 aromatic rings. The SMILES string of the molecule is CC1CC(C)C[NH+](CC(=O)Nc2c3c(nc4ccccc24)CCC3)C1. The van der Waals surface area contributed by atoms with Crippen LogP contribution in [0.5, 0.6) is 0 Å². The van der Waals surface area contributed by atoms with Gasteiger partial charge in [-0.05, 0) is 37.3 Å². The fraction of sp³-hybridized carbons (Fsp3) is 0.524. The largest absolute Gasteiger partial charge is 0.327 e. The van der Waals surface area contributed by atoms with E-state index in [2.05, 4.69) is 25.2 Å². The zero-order chi connectivity index (χ0) is 17.4. The minimum atomic E-state index is 0.141. The Morgan fingerprint density at radius 1 is 1.20 bits per heavy atom. The second-order valence-corrected chi connectivity index (χ2v) is 8.11. The van der Waals surface area contributed by atoms with E-state index >= 15 is 0 Å². The number of amides is 1. The van der Waals surface area contributed by atoms with Gasteiger partial charge in [-0.15, -0.1) is 0 Å². The predicted molar refractivity (Wildman–Crippen MR) is 101 cm³/mol. The van der Waals surface area contributed by atoms with Gasteiger partial charge in [-0.1, -0.05) is 32.0 Å². The molecule has 1 aliphatic carbocycles. The monoisotopic (exact) mass is 338 g/mol. The normalized spacial score (nSPS) is 25.8. The highest BCUT2D eigenvalue weighted by Crippen LogP contribution is 2.33. The molecular weight excluding hydrogens is 310 g/mol. The Labute approximate surface area is 149 Å². The zero-order valence-electron chi connectivity index (χ0n) is 15.3. The van der Waals surface area contributed by atoms with Gasteiger partial charge in [-0.3, -0.25) is 9.78 Å². The summed E-state index contributed by atoms with van der Waals surface area (Å²) < 4.78 is 0. The molecule has 0 spiro atoms. The molecule has 1 aliphatic heterocycles. The molecule has 2 atom stereocenters. The van der Waals surface area contributed by atoms with Crippen molar-refractivity contribution in [2.45, 2.75) is 39.5 Å². The number of nitrogens with zero attached hydrogens (tertiary/aromatic N) is 1. The van der Waals surface area contributed by atoms with Gasteiger partial charge >= 0.3 is 0 Å². The van der Waals surface area contributed by atoms with Crippen molar-refractivity contribution in [3.63, 3.8) is 0 Å². The molecule has 2 N–H and O–H groups in total. The summed E-state index contributed by atoms with van der Waals surface area (Å²) in [6.07, 6.45) is 4.46. The number of para-hydroxylation sites is 1. The third-order valence-electron chi connectivity index (χ3n) is 5.67. The summed E-state index contributed by atoms with van der Waals surface area (Å²) in [6.45, 7) is 7.38. The number of quaternary nitrogens is 1. The fourth-order valence-electron chi connectivity index (χ4n) is 4.83. The molecule has 1 aromatic carbocycles. The predicted octanol–water partition coefficient (Wildman–Crippen LogP) is 2.22. The quantitative estimate of drug-likeness (QED) is 0.901. The van der Waals surface area contributed by atoms with Crippen molar-refractivity contribution in [3.8, 4) is 0 Å². The van der Waals surface area contributed by atoms with Crippen LogP contribution in [0.3, 0.4) is 0 Å². The van der Waals surface area contributed by atoms with Crippen molar-refractivity contribution in [2.75, 3.05) is 25.0 Å². The number of pyridine rings is 1. The summed E-state index contributed by atoms with van der Waals surface area (Å²) >= 11 is 0. The standard InChI is InChI=1S/C21H27N3O/c1-14-10-15(2)12-24(11-14)13-20(25)23-21-16-6-3-4-8-18(16)22-19-9-5-7-17(19)21/h3-4,6,8,14-15H,5,7,9-13H2,1-2H3,(H,22,23,25)/p+1. The Hall–Kier alpha value is -1.94. The van der Waals surface area contributed by atoms with Gasteiger partial charge in [-0.2, -0.15) is 0 Å². The van der Waals surface area contributed by atoms with Crippen molar-refractivity contribution in [1.82, 2.24) is 4.98 Å². The molecule has 0 saturated carbocycles. The fourth-order valence-corrected chi connectivity index (χ4v) is 4.83. The van der Waals surface area contributed by atoms with E-state index in [0.29, 0.717) is 18.4 Å². The van der Waals surface area contributed by atoms with Crippen LogP contribution in [0.15, 0.2) is 24.3 Å². The van der Waals surface area contributed by atoms with Gasteiger partial charge < -0.3 is 10.2 Å². The highest BCUT2D eigenvalue weighted by molar-refractivity contribution is 6.03. The van der Waals surface area contributed by atoms with Crippen molar-refractivity contribution in [2.24, 2.45) is 11.8 Å². The Morgan fingerprint density at radius 2 is 1.96 bits per heavy atom. The van der Waals surface area contributed by atoms with Crippen molar-refractivity contribution < 1.29 is 9.69 Å². The van der Waals surface area contributed by atoms with Gasteiger partial charge in [0.05, 0.1) is 24.3 Å². The van der Waals surface area contributed by atoms with E-state index in [1.165, 1.54) is 22.6 Å². The number of aryl methyl sites for hydroxylation is 1. The highest BCUT2D eigenvalue weighted by Gasteiger charge is 2.27. The average molecular weight is 338 g/mol. The van der Waals surface area contributed by atoms with Crippen LogP contribution in [0.25, 0.3) is 10.9 Å². The molecule has 0 radical (unpaired) electrons. The lowest BCUT2D eigenvalue weighted by atomic mass is 9.92. The molecule has 4 nitrogen and oxygen atoms in total. The van der Waals surface area contributed by atoms with Crippen LogP contribution in [0.1, 0.15) is 37.9 Å². The molecule has 2 unspecified atom stereocenters. The van der Waals surface area contributed by atoms with Crippen LogP contribution in [0.2, 0.25) is 0 Å². The average Bonchev–Trinajstić information content (AvgIpc) is 3.02. The molecule has 1 amide bonds. The van der Waals surface area contributed by atoms with Crippen molar-refractivity contribution in [3.05, 3.63) is 35.5 Å². The van der Waals surface area contributed by atoms with Gasteiger partial charge in [0.25, 0.3) is 5.91 Å². The number of rotatable bonds is 3. The van der Waals surface area contributed by atoms with Crippen LogP contribution in [-0.4, -0.2) is 30.5 Å². The van der Waals surface area contributed by atoms with E-state index in [4.69, 9.17) is 4.98 Å². The first-order valence-corrected chi connectivity index (χ1v) is 9.64. The van der Waals surface area contributed by atoms with Crippen molar-refractivity contribution >= 4 is 22.5 Å². The number of benzene rings is 1. The summed E-state index contributed by atoms with van der Waals surface area (Å²) in [5.41, 5.74) is 4.43. The molecule has 1 aromatic heterocycles. The number of likely N-dealkylation sites (tertiary alicyclic amines) is 1. The molecule has 4 rings (SSSR count). The van der Waals surface area contributed by atoms with Crippen LogP contribution < -0.4 is 10.2 Å². The third-order valence-corrected chi connectivity index (χ3v) is 5.67. The van der Waals surface area contributed by atoms with Gasteiger partial charge in [-0.25, -0.2) is 0 Å². The Balaban J connectivity index is 1.57. The number of hydrogen-bond acceptors (Lipinski definition) is 2. The summed E-state index contributed by atoms with van der Waals surface area (Å²) in [5.74, 6) is 1.55. The summed E-state index contributed by atoms with van der Waals surface area (Å²) in [7, 11) is 0. The van der Waals surface area contributed by atoms with E-state index in [1.54, 1.807) is 0 Å². The van der Waals surface area contributed by atoms with E-state index in [1.807, 2.05) is 18.2 Å². The first-order chi connectivity index (χ1) is 12.1. The van der Waals surface area contributed by atoms with E-state index < -0.39 is 0 Å². The minimum Gasteiger partial charge on any atom is -0.327 e. The second kappa shape index (κ2) is 6.75. The maximum atomic E-state index is 12.8. The third kappa shape index (κ3) is 3.40. The van der Waals surface area contributed by atoms with Crippen LogP contribution in [-0.2, 0) is 17.6 Å². The molecule has 4 heteroatoms. The number of aromatic nitrogens is 1. The topological polar surface area (TPSA) is 46.4 Å². The minimum absolute atomic E-state index is 0.141. The molecule has 132 valence electrons. The smallest absolute Gasteiger partial charge is 0.279 e. The number of anilines is 1. The molecule has 0 bridgehead atoms. The number of nitrogens with one attached hydrogen (secondary N) is 2. The molecular formula is C21H28N3O+. The Kier molecular flexibility index (Phi) is 4.46. The summed E-state index contributed by atoms with van der Waals surface area (Å²) in [4.78, 5) is 19.0. The van der Waals surface area contributed by atoms with E-state index in [0.717, 1.165) is 48.9 Å². The molecule has 1 fully saturated rings. The van der Waals surface area contributed by atoms with Gasteiger partial charge in [0, 0.05) is 22.9 Å². The van der Waals surface area contributed by atoms with E-state index in [9.17, 15) is 4.79 Å². The number of fused-ring (bicyclic) bond motifs is 2. The molecule has 25 heavy (non-hydrogen) atoms. The van der Waals surface area contributed by atoms with Crippen molar-refractivity contribution in [1.29, 1.82) is 0 Å². The van der Waals surface area contributed by atoms with Crippen LogP contribution in [0, 0.1) is 11.8 Å². The summed E-state index contributed by atoms with van der Waals surface area (Å²) in [5, 5.41) is 4.34. The van der Waals surface area contributed by atoms with Gasteiger partial charge in [0.1, 0.15) is 0 Å². The molecule has 2 aliphatic rings. The molecule has 1 saturated heterocycles. The Morgan fingerprint density at radius 3 is 2.76 bits per heavy atom. The summed E-state index contributed by atoms with van der Waals surface area (Å²) in [6, 6.07) is 8.17. The molecule has 2 heterocycles. The second-order valence-electron chi connectivity index (χ2n) is 8.11. The van der Waals surface area contributed by atoms with E-state index in [-0.39, 0.29) is 5.91 Å². The highest BCUT2D eigenvalue weighted by atomic mass is 16.2. The van der Waals surface area contributed by atoms with Gasteiger partial charge in [0.2, 0.25) is 0 Å². The maximum absolute atomic E-state index is 12.8. The van der Waals surface area contributed by atoms with Gasteiger partial charge in [0.15, 0.2) is 6.54 Å². The number of carbonyl (C=O) groups excluding carboxylic acids is 1. The zero-order valence-corrected chi connectivity index (χ0v) is 15.3.